The van der Waals surface area contributed by atoms with Gasteiger partial charge in [-0.3, -0.25) is 4.79 Å². The number of amides is 1. The molecule has 0 saturated carbocycles. The zero-order valence-electron chi connectivity index (χ0n) is 12.1. The molecule has 2 aromatic rings. The summed E-state index contributed by atoms with van der Waals surface area (Å²) in [4.78, 5) is 26.3. The van der Waals surface area contributed by atoms with Crippen molar-refractivity contribution in [2.24, 2.45) is 11.5 Å². The molecule has 1 aromatic heterocycles. The lowest BCUT2D eigenvalue weighted by molar-refractivity contribution is -0.142. The second-order valence-corrected chi connectivity index (χ2v) is 5.15. The third-order valence-corrected chi connectivity index (χ3v) is 3.53. The topological polar surface area (TPSA) is 134 Å². The molecule has 0 radical (unpaired) electrons. The molecule has 7 heteroatoms. The maximum atomic E-state index is 11.9. The van der Waals surface area contributed by atoms with Crippen LogP contribution < -0.4 is 16.8 Å². The summed E-state index contributed by atoms with van der Waals surface area (Å²) in [5.41, 5.74) is 12.8. The van der Waals surface area contributed by atoms with Crippen LogP contribution in [0.3, 0.4) is 0 Å². The summed E-state index contributed by atoms with van der Waals surface area (Å²) < 4.78 is 0. The van der Waals surface area contributed by atoms with Crippen LogP contribution in [-0.4, -0.2) is 40.6 Å². The fraction of sp³-hybridized carbons (Fsp3) is 0.333. The van der Waals surface area contributed by atoms with Crippen molar-refractivity contribution in [1.82, 2.24) is 10.3 Å². The van der Waals surface area contributed by atoms with Crippen LogP contribution in [0.25, 0.3) is 10.9 Å². The van der Waals surface area contributed by atoms with E-state index < -0.39 is 24.0 Å². The Balaban J connectivity index is 2.12. The first-order valence-electron chi connectivity index (χ1n) is 7.06. The highest BCUT2D eigenvalue weighted by Crippen LogP contribution is 2.19. The van der Waals surface area contributed by atoms with Crippen molar-refractivity contribution >= 4 is 22.8 Å². The lowest BCUT2D eigenvalue weighted by Gasteiger charge is -2.17. The number of aromatic nitrogens is 1. The van der Waals surface area contributed by atoms with Gasteiger partial charge in [-0.2, -0.15) is 0 Å². The molecule has 0 bridgehead atoms. The first-order valence-corrected chi connectivity index (χ1v) is 7.06. The highest BCUT2D eigenvalue weighted by molar-refractivity contribution is 5.88. The molecule has 1 aromatic carbocycles. The summed E-state index contributed by atoms with van der Waals surface area (Å²) in [6.07, 6.45) is 2.25. The molecule has 2 rings (SSSR count). The van der Waals surface area contributed by atoms with Crippen molar-refractivity contribution in [2.75, 3.05) is 6.54 Å². The van der Waals surface area contributed by atoms with Gasteiger partial charge in [0, 0.05) is 23.5 Å². The minimum absolute atomic E-state index is 0.181. The van der Waals surface area contributed by atoms with Gasteiger partial charge in [0.15, 0.2) is 0 Å². The van der Waals surface area contributed by atoms with E-state index in [0.29, 0.717) is 6.42 Å². The maximum absolute atomic E-state index is 11.9. The summed E-state index contributed by atoms with van der Waals surface area (Å²) in [5.74, 6) is -1.60. The molecule has 1 amide bonds. The molecule has 0 aliphatic rings. The van der Waals surface area contributed by atoms with Gasteiger partial charge in [-0.1, -0.05) is 18.2 Å². The lowest BCUT2D eigenvalue weighted by atomic mass is 10.0. The van der Waals surface area contributed by atoms with Crippen molar-refractivity contribution in [3.8, 4) is 0 Å². The predicted octanol–water partition coefficient (Wildman–Crippen LogP) is -0.0441. The van der Waals surface area contributed by atoms with Crippen molar-refractivity contribution in [3.05, 3.63) is 36.0 Å². The molecular weight excluding hydrogens is 284 g/mol. The van der Waals surface area contributed by atoms with Crippen LogP contribution in [-0.2, 0) is 16.0 Å². The van der Waals surface area contributed by atoms with E-state index in [2.05, 4.69) is 10.3 Å². The predicted molar refractivity (Wildman–Crippen MR) is 83.2 cm³/mol. The molecular formula is C15H20N4O3. The van der Waals surface area contributed by atoms with Crippen LogP contribution in [0.15, 0.2) is 30.5 Å². The van der Waals surface area contributed by atoms with Crippen molar-refractivity contribution in [1.29, 1.82) is 0 Å². The first kappa shape index (κ1) is 16.0. The van der Waals surface area contributed by atoms with E-state index in [0.717, 1.165) is 16.5 Å². The van der Waals surface area contributed by atoms with Crippen LogP contribution in [0, 0.1) is 0 Å². The van der Waals surface area contributed by atoms with Gasteiger partial charge < -0.3 is 26.9 Å². The second-order valence-electron chi connectivity index (χ2n) is 5.15. The quantitative estimate of drug-likeness (QED) is 0.489. The number of aromatic amines is 1. The molecule has 22 heavy (non-hydrogen) atoms. The highest BCUT2D eigenvalue weighted by Gasteiger charge is 2.24. The Hall–Kier alpha value is -2.38. The summed E-state index contributed by atoms with van der Waals surface area (Å²) >= 11 is 0. The Labute approximate surface area is 127 Å². The summed E-state index contributed by atoms with van der Waals surface area (Å²) in [6, 6.07) is 5.76. The summed E-state index contributed by atoms with van der Waals surface area (Å²) in [7, 11) is 0. The molecule has 0 spiro atoms. The molecule has 0 saturated heterocycles. The molecule has 0 fully saturated rings. The van der Waals surface area contributed by atoms with Crippen LogP contribution in [0.1, 0.15) is 12.0 Å². The normalized spacial score (nSPS) is 13.7. The summed E-state index contributed by atoms with van der Waals surface area (Å²) in [5, 5.41) is 12.7. The number of para-hydroxylation sites is 1. The van der Waals surface area contributed by atoms with Gasteiger partial charge in [-0.25, -0.2) is 4.79 Å². The number of carboxylic acids is 1. The number of carbonyl (C=O) groups excluding carboxylic acids is 1. The molecule has 7 nitrogen and oxygen atoms in total. The summed E-state index contributed by atoms with van der Waals surface area (Å²) in [6.45, 7) is 0.273. The fourth-order valence-electron chi connectivity index (χ4n) is 2.31. The number of rotatable bonds is 7. The van der Waals surface area contributed by atoms with E-state index in [4.69, 9.17) is 11.5 Å². The molecule has 2 atom stereocenters. The van der Waals surface area contributed by atoms with Crippen LogP contribution in [0.5, 0.6) is 0 Å². The van der Waals surface area contributed by atoms with E-state index in [-0.39, 0.29) is 13.0 Å². The van der Waals surface area contributed by atoms with Gasteiger partial charge in [0.25, 0.3) is 0 Å². The molecule has 0 unspecified atom stereocenters. The number of nitrogens with one attached hydrogen (secondary N) is 2. The Morgan fingerprint density at radius 2 is 2.05 bits per heavy atom. The van der Waals surface area contributed by atoms with Crippen molar-refractivity contribution in [2.45, 2.75) is 24.9 Å². The Morgan fingerprint density at radius 1 is 1.32 bits per heavy atom. The molecule has 0 aliphatic carbocycles. The van der Waals surface area contributed by atoms with Gasteiger partial charge >= 0.3 is 5.97 Å². The number of carbonyl (C=O) groups is 2. The Morgan fingerprint density at radius 3 is 2.73 bits per heavy atom. The molecule has 1 heterocycles. The molecule has 0 aliphatic heterocycles. The average Bonchev–Trinajstić information content (AvgIpc) is 2.90. The van der Waals surface area contributed by atoms with Gasteiger partial charge in [0.2, 0.25) is 5.91 Å². The third kappa shape index (κ3) is 3.63. The third-order valence-electron chi connectivity index (χ3n) is 3.53. The van der Waals surface area contributed by atoms with E-state index in [1.54, 1.807) is 6.20 Å². The Bertz CT molecular complexity index is 668. The minimum Gasteiger partial charge on any atom is -0.480 e. The number of H-pyrrole nitrogens is 1. The number of carboxylic acid groups (broad SMARTS) is 1. The molecule has 118 valence electrons. The van der Waals surface area contributed by atoms with Gasteiger partial charge in [-0.15, -0.1) is 0 Å². The van der Waals surface area contributed by atoms with E-state index in [9.17, 15) is 14.7 Å². The monoisotopic (exact) mass is 304 g/mol. The highest BCUT2D eigenvalue weighted by atomic mass is 16.4. The standard InChI is InChI=1S/C15H20N4O3/c16-6-5-11(17)14(20)19-13(15(21)22)7-9-8-18-12-4-2-1-3-10(9)12/h1-4,8,11,13,18H,5-7,16-17H2,(H,19,20)(H,21,22)/t11-,13-/m0/s1. The lowest BCUT2D eigenvalue weighted by Crippen LogP contribution is -2.49. The number of nitrogens with two attached hydrogens (primary N) is 2. The van der Waals surface area contributed by atoms with E-state index >= 15 is 0 Å². The zero-order chi connectivity index (χ0) is 16.1. The second kappa shape index (κ2) is 7.06. The number of fused-ring (bicyclic) bond motifs is 1. The van der Waals surface area contributed by atoms with Gasteiger partial charge in [-0.05, 0) is 24.6 Å². The fourth-order valence-corrected chi connectivity index (χ4v) is 2.31. The largest absolute Gasteiger partial charge is 0.480 e. The van der Waals surface area contributed by atoms with Crippen molar-refractivity contribution < 1.29 is 14.7 Å². The number of hydrogen-bond acceptors (Lipinski definition) is 4. The molecule has 7 N–H and O–H groups in total. The maximum Gasteiger partial charge on any atom is 0.326 e. The van der Waals surface area contributed by atoms with Crippen LogP contribution in [0.4, 0.5) is 0 Å². The zero-order valence-corrected chi connectivity index (χ0v) is 12.1. The van der Waals surface area contributed by atoms with Crippen LogP contribution in [0.2, 0.25) is 0 Å². The number of benzene rings is 1. The Kier molecular flexibility index (Phi) is 5.13. The minimum atomic E-state index is -1.10. The SMILES string of the molecule is NCC[C@H](N)C(=O)N[C@@H](Cc1c[nH]c2ccccc12)C(=O)O. The van der Waals surface area contributed by atoms with E-state index in [1.807, 2.05) is 24.3 Å². The van der Waals surface area contributed by atoms with Gasteiger partial charge in [0.1, 0.15) is 6.04 Å². The number of hydrogen-bond donors (Lipinski definition) is 5. The van der Waals surface area contributed by atoms with E-state index in [1.165, 1.54) is 0 Å². The smallest absolute Gasteiger partial charge is 0.326 e. The van der Waals surface area contributed by atoms with Crippen molar-refractivity contribution in [3.63, 3.8) is 0 Å². The van der Waals surface area contributed by atoms with Crippen LogP contribution >= 0.6 is 0 Å². The average molecular weight is 304 g/mol. The van der Waals surface area contributed by atoms with Gasteiger partial charge in [0.05, 0.1) is 6.04 Å². The number of aliphatic carboxylic acids is 1. The first-order chi connectivity index (χ1) is 10.5.